The van der Waals surface area contributed by atoms with Crippen LogP contribution in [0.15, 0.2) is 42.5 Å². The van der Waals surface area contributed by atoms with Gasteiger partial charge in [-0.1, -0.05) is 12.1 Å². The average molecular weight is 340 g/mol. The summed E-state index contributed by atoms with van der Waals surface area (Å²) in [6, 6.07) is 11.5. The highest BCUT2D eigenvalue weighted by Gasteiger charge is 2.11. The topological polar surface area (TPSA) is 79.9 Å². The number of amides is 1. The van der Waals surface area contributed by atoms with Gasteiger partial charge in [-0.2, -0.15) is 4.98 Å². The maximum absolute atomic E-state index is 12.9. The molecule has 0 aliphatic carbocycles. The van der Waals surface area contributed by atoms with E-state index in [4.69, 9.17) is 4.74 Å². The van der Waals surface area contributed by atoms with Crippen LogP contribution in [-0.2, 0) is 4.79 Å². The third-order valence-corrected chi connectivity index (χ3v) is 3.77. The van der Waals surface area contributed by atoms with Crippen LogP contribution in [0.2, 0.25) is 0 Å². The predicted molar refractivity (Wildman–Crippen MR) is 91.8 cm³/mol. The Kier molecular flexibility index (Phi) is 4.74. The van der Waals surface area contributed by atoms with Crippen LogP contribution in [0.3, 0.4) is 0 Å². The molecule has 1 heterocycles. The van der Waals surface area contributed by atoms with Gasteiger partial charge in [0.25, 0.3) is 5.91 Å². The highest BCUT2D eigenvalue weighted by atomic mass is 19.1. The number of aryl methyl sites for hydroxylation is 1. The van der Waals surface area contributed by atoms with E-state index >= 15 is 0 Å². The minimum absolute atomic E-state index is 0.133. The minimum Gasteiger partial charge on any atom is -0.483 e. The number of nitrogens with one attached hydrogen (secondary N) is 2. The molecule has 0 atom stereocenters. The molecule has 6 nitrogen and oxygen atoms in total. The summed E-state index contributed by atoms with van der Waals surface area (Å²) in [6.45, 7) is 3.77. The van der Waals surface area contributed by atoms with Crippen LogP contribution in [0.4, 0.5) is 10.3 Å². The molecule has 2 aromatic carbocycles. The molecule has 0 radical (unpaired) electrons. The van der Waals surface area contributed by atoms with Crippen molar-refractivity contribution in [3.63, 3.8) is 0 Å². The number of anilines is 1. The third kappa shape index (κ3) is 4.00. The quantitative estimate of drug-likeness (QED) is 0.747. The Hall–Kier alpha value is -3.22. The van der Waals surface area contributed by atoms with Crippen molar-refractivity contribution in [3.05, 3.63) is 59.4 Å². The second kappa shape index (κ2) is 7.12. The normalized spacial score (nSPS) is 10.5. The molecule has 0 aliphatic rings. The smallest absolute Gasteiger partial charge is 0.264 e. The maximum atomic E-state index is 12.9. The summed E-state index contributed by atoms with van der Waals surface area (Å²) in [5.74, 6) is 0.530. The van der Waals surface area contributed by atoms with Crippen LogP contribution in [-0.4, -0.2) is 27.7 Å². The van der Waals surface area contributed by atoms with Gasteiger partial charge in [0.05, 0.1) is 0 Å². The molecule has 0 bridgehead atoms. The summed E-state index contributed by atoms with van der Waals surface area (Å²) in [7, 11) is 0. The third-order valence-electron chi connectivity index (χ3n) is 3.77. The molecule has 25 heavy (non-hydrogen) atoms. The first-order chi connectivity index (χ1) is 12.0. The molecular formula is C18H17FN4O2. The standard InChI is InChI=1S/C18H17FN4O2/c1-11-4-3-5-15(12(11)2)25-10-16(24)20-18-21-17(22-23-18)13-6-8-14(19)9-7-13/h3-9H,10H2,1-2H3,(H2,20,21,22,23,24). The number of hydrogen-bond donors (Lipinski definition) is 2. The zero-order chi connectivity index (χ0) is 17.8. The van der Waals surface area contributed by atoms with Gasteiger partial charge in [-0.05, 0) is 55.3 Å². The van der Waals surface area contributed by atoms with Crippen molar-refractivity contribution in [2.75, 3.05) is 11.9 Å². The van der Waals surface area contributed by atoms with E-state index in [1.165, 1.54) is 12.1 Å². The van der Waals surface area contributed by atoms with Crippen molar-refractivity contribution >= 4 is 11.9 Å². The number of benzene rings is 2. The first-order valence-corrected chi connectivity index (χ1v) is 7.70. The number of hydrogen-bond acceptors (Lipinski definition) is 4. The second-order valence-electron chi connectivity index (χ2n) is 5.55. The van der Waals surface area contributed by atoms with Gasteiger partial charge in [-0.25, -0.2) is 4.39 Å². The van der Waals surface area contributed by atoms with Crippen molar-refractivity contribution < 1.29 is 13.9 Å². The summed E-state index contributed by atoms with van der Waals surface area (Å²) in [5.41, 5.74) is 2.75. The number of nitrogens with zero attached hydrogens (tertiary/aromatic N) is 2. The SMILES string of the molecule is Cc1cccc(OCC(=O)Nc2n[nH]c(-c3ccc(F)cc3)n2)c1C. The van der Waals surface area contributed by atoms with E-state index < -0.39 is 0 Å². The number of H-pyrrole nitrogens is 1. The molecule has 0 unspecified atom stereocenters. The van der Waals surface area contributed by atoms with Gasteiger partial charge in [0.1, 0.15) is 11.6 Å². The highest BCUT2D eigenvalue weighted by Crippen LogP contribution is 2.20. The fourth-order valence-corrected chi connectivity index (χ4v) is 2.24. The molecule has 2 N–H and O–H groups in total. The van der Waals surface area contributed by atoms with E-state index in [2.05, 4.69) is 20.5 Å². The van der Waals surface area contributed by atoms with Gasteiger partial charge in [-0.3, -0.25) is 15.2 Å². The predicted octanol–water partition coefficient (Wildman–Crippen LogP) is 3.25. The Morgan fingerprint density at radius 2 is 1.96 bits per heavy atom. The van der Waals surface area contributed by atoms with E-state index in [-0.39, 0.29) is 24.3 Å². The average Bonchev–Trinajstić information content (AvgIpc) is 3.05. The Labute approximate surface area is 144 Å². The van der Waals surface area contributed by atoms with E-state index in [0.29, 0.717) is 17.1 Å². The fourth-order valence-electron chi connectivity index (χ4n) is 2.24. The first-order valence-electron chi connectivity index (χ1n) is 7.70. The molecule has 0 aliphatic heterocycles. The monoisotopic (exact) mass is 340 g/mol. The molecule has 0 saturated carbocycles. The number of aromatic amines is 1. The maximum Gasteiger partial charge on any atom is 0.264 e. The molecule has 0 fully saturated rings. The van der Waals surface area contributed by atoms with Gasteiger partial charge in [0.2, 0.25) is 5.95 Å². The van der Waals surface area contributed by atoms with Crippen LogP contribution in [0.25, 0.3) is 11.4 Å². The Morgan fingerprint density at radius 3 is 2.72 bits per heavy atom. The van der Waals surface area contributed by atoms with Crippen molar-refractivity contribution in [3.8, 4) is 17.1 Å². The first kappa shape index (κ1) is 16.6. The zero-order valence-corrected chi connectivity index (χ0v) is 13.8. The largest absolute Gasteiger partial charge is 0.483 e. The van der Waals surface area contributed by atoms with Gasteiger partial charge in [0, 0.05) is 5.56 Å². The number of carbonyl (C=O) groups is 1. The van der Waals surface area contributed by atoms with Gasteiger partial charge in [0.15, 0.2) is 12.4 Å². The fraction of sp³-hybridized carbons (Fsp3) is 0.167. The Bertz CT molecular complexity index is 890. The number of ether oxygens (including phenoxy) is 1. The van der Waals surface area contributed by atoms with Crippen LogP contribution < -0.4 is 10.1 Å². The van der Waals surface area contributed by atoms with Crippen molar-refractivity contribution in [1.82, 2.24) is 15.2 Å². The summed E-state index contributed by atoms with van der Waals surface area (Å²) in [5, 5.41) is 9.18. The lowest BCUT2D eigenvalue weighted by atomic mass is 10.1. The second-order valence-corrected chi connectivity index (χ2v) is 5.55. The Balaban J connectivity index is 1.60. The Morgan fingerprint density at radius 1 is 1.20 bits per heavy atom. The zero-order valence-electron chi connectivity index (χ0n) is 13.8. The molecule has 3 aromatic rings. The number of aromatic nitrogens is 3. The lowest BCUT2D eigenvalue weighted by Gasteiger charge is -2.10. The molecular weight excluding hydrogens is 323 g/mol. The summed E-state index contributed by atoms with van der Waals surface area (Å²) in [4.78, 5) is 16.2. The molecule has 1 aromatic heterocycles. The molecule has 7 heteroatoms. The summed E-state index contributed by atoms with van der Waals surface area (Å²) < 4.78 is 18.5. The number of carbonyl (C=O) groups excluding carboxylic acids is 1. The van der Waals surface area contributed by atoms with Crippen molar-refractivity contribution in [1.29, 1.82) is 0 Å². The lowest BCUT2D eigenvalue weighted by Crippen LogP contribution is -2.21. The number of halogens is 1. The highest BCUT2D eigenvalue weighted by molar-refractivity contribution is 5.90. The minimum atomic E-state index is -0.370. The molecule has 128 valence electrons. The molecule has 0 spiro atoms. The summed E-state index contributed by atoms with van der Waals surface area (Å²) >= 11 is 0. The molecule has 3 rings (SSSR count). The van der Waals surface area contributed by atoms with Crippen LogP contribution in [0.5, 0.6) is 5.75 Å². The van der Waals surface area contributed by atoms with E-state index in [1.54, 1.807) is 12.1 Å². The van der Waals surface area contributed by atoms with E-state index in [9.17, 15) is 9.18 Å². The van der Waals surface area contributed by atoms with Crippen molar-refractivity contribution in [2.24, 2.45) is 0 Å². The van der Waals surface area contributed by atoms with Gasteiger partial charge < -0.3 is 4.74 Å². The van der Waals surface area contributed by atoms with Gasteiger partial charge >= 0.3 is 0 Å². The number of rotatable bonds is 5. The molecule has 0 saturated heterocycles. The summed E-state index contributed by atoms with van der Waals surface area (Å²) in [6.07, 6.45) is 0. The van der Waals surface area contributed by atoms with Crippen molar-refractivity contribution in [2.45, 2.75) is 13.8 Å². The van der Waals surface area contributed by atoms with E-state index in [1.807, 2.05) is 32.0 Å². The van der Waals surface area contributed by atoms with Crippen LogP contribution in [0, 0.1) is 19.7 Å². The van der Waals surface area contributed by atoms with E-state index in [0.717, 1.165) is 11.1 Å². The molecule has 1 amide bonds. The van der Waals surface area contributed by atoms with Gasteiger partial charge in [-0.15, -0.1) is 5.10 Å². The van der Waals surface area contributed by atoms with Crippen LogP contribution in [0.1, 0.15) is 11.1 Å². The lowest BCUT2D eigenvalue weighted by molar-refractivity contribution is -0.118. The van der Waals surface area contributed by atoms with Crippen LogP contribution >= 0.6 is 0 Å².